The van der Waals surface area contributed by atoms with Crippen molar-refractivity contribution in [3.63, 3.8) is 0 Å². The van der Waals surface area contributed by atoms with E-state index in [9.17, 15) is 4.39 Å². The van der Waals surface area contributed by atoms with Crippen molar-refractivity contribution in [2.75, 3.05) is 7.05 Å². The molecule has 1 aromatic carbocycles. The lowest BCUT2D eigenvalue weighted by molar-refractivity contribution is 0.356. The average Bonchev–Trinajstić information content (AvgIpc) is 2.47. The molecular weight excluding hydrogens is 271 g/mol. The zero-order valence-electron chi connectivity index (χ0n) is 12.2. The number of halogens is 1. The van der Waals surface area contributed by atoms with Gasteiger partial charge in [-0.3, -0.25) is 0 Å². The van der Waals surface area contributed by atoms with Gasteiger partial charge in [0.25, 0.3) is 0 Å². The fraction of sp³-hybridized carbons (Fsp3) is 0.562. The van der Waals surface area contributed by atoms with Gasteiger partial charge in [-0.15, -0.1) is 0 Å². The van der Waals surface area contributed by atoms with Gasteiger partial charge in [0, 0.05) is 18.7 Å². The van der Waals surface area contributed by atoms with Crippen molar-refractivity contribution in [1.29, 1.82) is 0 Å². The lowest BCUT2D eigenvalue weighted by Crippen LogP contribution is -2.44. The molecule has 20 heavy (non-hydrogen) atoms. The molecule has 1 unspecified atom stereocenters. The Labute approximate surface area is 126 Å². The molecule has 4 heteroatoms. The molecule has 0 bridgehead atoms. The second-order valence-corrected chi connectivity index (χ2v) is 5.98. The average molecular weight is 294 g/mol. The maximum absolute atomic E-state index is 13.8. The summed E-state index contributed by atoms with van der Waals surface area (Å²) in [6, 6.07) is 7.30. The van der Waals surface area contributed by atoms with Crippen LogP contribution in [0.25, 0.3) is 0 Å². The zero-order chi connectivity index (χ0) is 14.5. The van der Waals surface area contributed by atoms with Crippen molar-refractivity contribution in [3.05, 3.63) is 35.6 Å². The van der Waals surface area contributed by atoms with E-state index in [-0.39, 0.29) is 11.9 Å². The van der Waals surface area contributed by atoms with Crippen LogP contribution in [0.5, 0.6) is 0 Å². The number of hydrogen-bond acceptors (Lipinski definition) is 1. The molecule has 0 radical (unpaired) electrons. The molecule has 1 aliphatic carbocycles. The van der Waals surface area contributed by atoms with Crippen LogP contribution in [0, 0.1) is 5.82 Å². The highest BCUT2D eigenvalue weighted by Crippen LogP contribution is 2.23. The number of nitrogens with one attached hydrogen (secondary N) is 1. The summed E-state index contributed by atoms with van der Waals surface area (Å²) in [4.78, 5) is 1.95. The Balaban J connectivity index is 1.97. The molecule has 1 fully saturated rings. The van der Waals surface area contributed by atoms with Crippen LogP contribution < -0.4 is 5.32 Å². The summed E-state index contributed by atoms with van der Waals surface area (Å²) >= 11 is 5.47. The molecule has 0 amide bonds. The molecule has 1 aliphatic rings. The maximum atomic E-state index is 13.8. The first-order valence-electron chi connectivity index (χ1n) is 7.37. The minimum Gasteiger partial charge on any atom is -0.360 e. The van der Waals surface area contributed by atoms with Crippen molar-refractivity contribution in [2.24, 2.45) is 0 Å². The van der Waals surface area contributed by atoms with Gasteiger partial charge >= 0.3 is 0 Å². The second-order valence-electron chi connectivity index (χ2n) is 5.59. The third kappa shape index (κ3) is 3.69. The van der Waals surface area contributed by atoms with Crippen molar-refractivity contribution in [1.82, 2.24) is 10.2 Å². The summed E-state index contributed by atoms with van der Waals surface area (Å²) in [5.41, 5.74) is 0.683. The van der Waals surface area contributed by atoms with Crippen LogP contribution in [0.2, 0.25) is 0 Å². The Bertz CT molecular complexity index is 458. The highest BCUT2D eigenvalue weighted by Gasteiger charge is 2.20. The fourth-order valence-electron chi connectivity index (χ4n) is 2.72. The van der Waals surface area contributed by atoms with E-state index in [1.807, 2.05) is 31.0 Å². The summed E-state index contributed by atoms with van der Waals surface area (Å²) in [5, 5.41) is 4.14. The lowest BCUT2D eigenvalue weighted by atomic mass is 9.96. The summed E-state index contributed by atoms with van der Waals surface area (Å²) < 4.78 is 13.8. The van der Waals surface area contributed by atoms with Gasteiger partial charge in [0.15, 0.2) is 5.11 Å². The first-order valence-corrected chi connectivity index (χ1v) is 7.78. The molecule has 0 aromatic heterocycles. The largest absolute Gasteiger partial charge is 0.360 e. The molecule has 0 aliphatic heterocycles. The van der Waals surface area contributed by atoms with Gasteiger partial charge in [-0.1, -0.05) is 37.5 Å². The standard InChI is InChI=1S/C16H23FN2S/c1-12(14-10-6-7-11-15(14)17)19(2)16(20)18-13-8-4-3-5-9-13/h6-7,10-13H,3-5,8-9H2,1-2H3,(H,18,20). The summed E-state index contributed by atoms with van der Waals surface area (Å²) in [6.45, 7) is 1.98. The summed E-state index contributed by atoms with van der Waals surface area (Å²) in [5.74, 6) is -0.174. The predicted molar refractivity (Wildman–Crippen MR) is 85.2 cm³/mol. The third-order valence-corrected chi connectivity index (χ3v) is 4.60. The van der Waals surface area contributed by atoms with Crippen LogP contribution in [0.1, 0.15) is 50.6 Å². The second kappa shape index (κ2) is 7.02. The quantitative estimate of drug-likeness (QED) is 0.848. The van der Waals surface area contributed by atoms with E-state index < -0.39 is 0 Å². The smallest absolute Gasteiger partial charge is 0.169 e. The predicted octanol–water partition coefficient (Wildman–Crippen LogP) is 4.03. The SMILES string of the molecule is CC(c1ccccc1F)N(C)C(=S)NC1CCCCC1. The van der Waals surface area contributed by atoms with Crippen LogP contribution in [0.3, 0.4) is 0 Å². The highest BCUT2D eigenvalue weighted by molar-refractivity contribution is 7.80. The molecule has 1 saturated carbocycles. The molecule has 1 aromatic rings. The van der Waals surface area contributed by atoms with Gasteiger partial charge < -0.3 is 10.2 Å². The van der Waals surface area contributed by atoms with Gasteiger partial charge in [-0.25, -0.2) is 4.39 Å². The van der Waals surface area contributed by atoms with Gasteiger partial charge in [-0.2, -0.15) is 0 Å². The van der Waals surface area contributed by atoms with E-state index in [1.54, 1.807) is 6.07 Å². The monoisotopic (exact) mass is 294 g/mol. The minimum absolute atomic E-state index is 0.0696. The van der Waals surface area contributed by atoms with Crippen molar-refractivity contribution in [3.8, 4) is 0 Å². The van der Waals surface area contributed by atoms with Crippen LogP contribution in [-0.4, -0.2) is 23.1 Å². The molecule has 110 valence electrons. The Hall–Kier alpha value is -1.16. The molecule has 0 heterocycles. The van der Waals surface area contributed by atoms with Crippen LogP contribution in [0.15, 0.2) is 24.3 Å². The van der Waals surface area contributed by atoms with E-state index in [0.29, 0.717) is 16.7 Å². The van der Waals surface area contributed by atoms with E-state index in [0.717, 1.165) is 0 Å². The number of nitrogens with zero attached hydrogens (tertiary/aromatic N) is 1. The third-order valence-electron chi connectivity index (χ3n) is 4.19. The maximum Gasteiger partial charge on any atom is 0.169 e. The first-order chi connectivity index (χ1) is 9.59. The Morgan fingerprint density at radius 3 is 2.60 bits per heavy atom. The number of hydrogen-bond donors (Lipinski definition) is 1. The molecule has 2 rings (SSSR count). The van der Waals surface area contributed by atoms with Gasteiger partial charge in [0.05, 0.1) is 6.04 Å². The topological polar surface area (TPSA) is 15.3 Å². The van der Waals surface area contributed by atoms with Crippen LogP contribution in [0.4, 0.5) is 4.39 Å². The summed E-state index contributed by atoms with van der Waals surface area (Å²) in [6.07, 6.45) is 6.23. The molecule has 1 atom stereocenters. The molecule has 1 N–H and O–H groups in total. The minimum atomic E-state index is -0.174. The Morgan fingerprint density at radius 2 is 1.95 bits per heavy atom. The number of rotatable bonds is 3. The Morgan fingerprint density at radius 1 is 1.30 bits per heavy atom. The number of benzene rings is 1. The van der Waals surface area contributed by atoms with Gasteiger partial charge in [-0.05, 0) is 38.0 Å². The molecule has 0 spiro atoms. The Kier molecular flexibility index (Phi) is 5.35. The van der Waals surface area contributed by atoms with E-state index in [4.69, 9.17) is 12.2 Å². The first kappa shape index (κ1) is 15.2. The van der Waals surface area contributed by atoms with Crippen molar-refractivity contribution >= 4 is 17.3 Å². The van der Waals surface area contributed by atoms with E-state index >= 15 is 0 Å². The van der Waals surface area contributed by atoms with Crippen LogP contribution >= 0.6 is 12.2 Å². The van der Waals surface area contributed by atoms with Crippen molar-refractivity contribution in [2.45, 2.75) is 51.1 Å². The molecule has 2 nitrogen and oxygen atoms in total. The van der Waals surface area contributed by atoms with Crippen LogP contribution in [-0.2, 0) is 0 Å². The fourth-order valence-corrected chi connectivity index (χ4v) is 3.05. The highest BCUT2D eigenvalue weighted by atomic mass is 32.1. The van der Waals surface area contributed by atoms with Gasteiger partial charge in [0.2, 0.25) is 0 Å². The lowest BCUT2D eigenvalue weighted by Gasteiger charge is -2.32. The molecular formula is C16H23FN2S. The zero-order valence-corrected chi connectivity index (χ0v) is 13.0. The number of thiocarbonyl (C=S) groups is 1. The van der Waals surface area contributed by atoms with E-state index in [1.165, 1.54) is 38.2 Å². The van der Waals surface area contributed by atoms with Crippen molar-refractivity contribution < 1.29 is 4.39 Å². The normalized spacial score (nSPS) is 17.6. The van der Waals surface area contributed by atoms with Gasteiger partial charge in [0.1, 0.15) is 5.82 Å². The molecule has 0 saturated heterocycles. The van der Waals surface area contributed by atoms with E-state index in [2.05, 4.69) is 5.32 Å². The summed E-state index contributed by atoms with van der Waals surface area (Å²) in [7, 11) is 1.93.